The minimum atomic E-state index is -0.217. The summed E-state index contributed by atoms with van der Waals surface area (Å²) in [7, 11) is 1.74. The second-order valence-electron chi connectivity index (χ2n) is 4.19. The summed E-state index contributed by atoms with van der Waals surface area (Å²) in [4.78, 5) is 25.1. The van der Waals surface area contributed by atoms with Crippen LogP contribution in [0.4, 0.5) is 5.69 Å². The van der Waals surface area contributed by atoms with Gasteiger partial charge in [0, 0.05) is 31.0 Å². The van der Waals surface area contributed by atoms with E-state index in [9.17, 15) is 9.59 Å². The fourth-order valence-corrected chi connectivity index (χ4v) is 1.45. The van der Waals surface area contributed by atoms with Crippen LogP contribution in [0.2, 0.25) is 0 Å². The van der Waals surface area contributed by atoms with Gasteiger partial charge in [0.15, 0.2) is 0 Å². The Morgan fingerprint density at radius 1 is 1.53 bits per heavy atom. The molecule has 0 saturated carbocycles. The molecule has 5 nitrogen and oxygen atoms in total. The molecule has 1 unspecified atom stereocenters. The van der Waals surface area contributed by atoms with Crippen molar-refractivity contribution in [2.75, 3.05) is 12.8 Å². The molecule has 0 aliphatic heterocycles. The zero-order valence-corrected chi connectivity index (χ0v) is 10.5. The number of likely N-dealkylation sites (N-methyl/N-ethyl adjacent to an activating group) is 1. The number of nitrogen functional groups attached to an aromatic ring is 1. The summed E-state index contributed by atoms with van der Waals surface area (Å²) in [6.45, 7) is 4.02. The lowest BCUT2D eigenvalue weighted by molar-refractivity contribution is -0.132. The van der Waals surface area contributed by atoms with Crippen LogP contribution in [-0.2, 0) is 11.3 Å². The van der Waals surface area contributed by atoms with E-state index in [1.54, 1.807) is 11.9 Å². The maximum absolute atomic E-state index is 11.9. The molecule has 1 rings (SSSR count). The maximum atomic E-state index is 11.9. The largest absolute Gasteiger partial charge is 0.398 e. The third-order valence-corrected chi connectivity index (χ3v) is 2.96. The van der Waals surface area contributed by atoms with E-state index in [1.807, 2.05) is 13.8 Å². The van der Waals surface area contributed by atoms with Crippen molar-refractivity contribution in [1.29, 1.82) is 0 Å². The van der Waals surface area contributed by atoms with Crippen molar-refractivity contribution in [2.45, 2.75) is 32.9 Å². The van der Waals surface area contributed by atoms with Crippen LogP contribution < -0.4 is 11.3 Å². The maximum Gasteiger partial charge on any atom is 0.251 e. The molecule has 2 N–H and O–H groups in total. The van der Waals surface area contributed by atoms with E-state index in [2.05, 4.69) is 0 Å². The fourth-order valence-electron chi connectivity index (χ4n) is 1.45. The number of nitrogens with zero attached hydrogens (tertiary/aromatic N) is 2. The molecule has 0 bridgehead atoms. The lowest BCUT2D eigenvalue weighted by Gasteiger charge is -2.24. The number of hydrogen-bond donors (Lipinski definition) is 1. The lowest BCUT2D eigenvalue weighted by Crippen LogP contribution is -2.38. The summed E-state index contributed by atoms with van der Waals surface area (Å²) >= 11 is 0. The summed E-state index contributed by atoms with van der Waals surface area (Å²) in [5, 5.41) is 0. The second-order valence-corrected chi connectivity index (χ2v) is 4.19. The number of hydrogen-bond acceptors (Lipinski definition) is 3. The fraction of sp³-hybridized carbons (Fsp3) is 0.500. The van der Waals surface area contributed by atoms with E-state index in [4.69, 9.17) is 5.73 Å². The highest BCUT2D eigenvalue weighted by Gasteiger charge is 2.14. The Morgan fingerprint density at radius 3 is 2.76 bits per heavy atom. The number of rotatable bonds is 4. The highest BCUT2D eigenvalue weighted by atomic mass is 16.2. The number of aromatic nitrogens is 1. The third-order valence-electron chi connectivity index (χ3n) is 2.96. The third kappa shape index (κ3) is 3.34. The van der Waals surface area contributed by atoms with E-state index < -0.39 is 0 Å². The van der Waals surface area contributed by atoms with Crippen LogP contribution in [0.25, 0.3) is 0 Å². The topological polar surface area (TPSA) is 68.3 Å². The van der Waals surface area contributed by atoms with Crippen LogP contribution in [0.5, 0.6) is 0 Å². The molecule has 0 aliphatic carbocycles. The van der Waals surface area contributed by atoms with E-state index in [0.717, 1.165) is 6.42 Å². The number of amides is 1. The van der Waals surface area contributed by atoms with Crippen LogP contribution in [0.15, 0.2) is 23.1 Å². The van der Waals surface area contributed by atoms with Gasteiger partial charge in [0.1, 0.15) is 6.54 Å². The Bertz CT molecular complexity index is 453. The summed E-state index contributed by atoms with van der Waals surface area (Å²) in [5.74, 6) is -0.0907. The molecular formula is C12H19N3O2. The molecule has 0 radical (unpaired) electrons. The first-order valence-corrected chi connectivity index (χ1v) is 5.67. The Balaban J connectivity index is 2.81. The highest BCUT2D eigenvalue weighted by Crippen LogP contribution is 2.02. The van der Waals surface area contributed by atoms with E-state index in [0.29, 0.717) is 5.69 Å². The first kappa shape index (κ1) is 13.3. The molecule has 1 aromatic rings. The minimum Gasteiger partial charge on any atom is -0.398 e. The van der Waals surface area contributed by atoms with Gasteiger partial charge in [-0.05, 0) is 19.4 Å². The summed E-state index contributed by atoms with van der Waals surface area (Å²) < 4.78 is 1.33. The van der Waals surface area contributed by atoms with Crippen molar-refractivity contribution in [1.82, 2.24) is 9.47 Å². The molecular weight excluding hydrogens is 218 g/mol. The Morgan fingerprint density at radius 2 is 2.18 bits per heavy atom. The Kier molecular flexibility index (Phi) is 4.31. The molecule has 1 heterocycles. The molecule has 0 saturated heterocycles. The van der Waals surface area contributed by atoms with E-state index >= 15 is 0 Å². The van der Waals surface area contributed by atoms with E-state index in [1.165, 1.54) is 22.9 Å². The van der Waals surface area contributed by atoms with Crippen molar-refractivity contribution >= 4 is 11.6 Å². The summed E-state index contributed by atoms with van der Waals surface area (Å²) in [6, 6.07) is 3.06. The monoisotopic (exact) mass is 237 g/mol. The Labute approximate surface area is 101 Å². The average Bonchev–Trinajstić information content (AvgIpc) is 2.31. The SMILES string of the molecule is CCC(C)N(C)C(=O)Cn1cc(N)ccc1=O. The van der Waals surface area contributed by atoms with Crippen LogP contribution >= 0.6 is 0 Å². The van der Waals surface area contributed by atoms with Gasteiger partial charge in [-0.2, -0.15) is 0 Å². The molecule has 5 heteroatoms. The molecule has 0 aromatic carbocycles. The van der Waals surface area contributed by atoms with Crippen molar-refractivity contribution in [2.24, 2.45) is 0 Å². The number of nitrogens with two attached hydrogens (primary N) is 1. The van der Waals surface area contributed by atoms with Crippen molar-refractivity contribution in [3.05, 3.63) is 28.7 Å². The molecule has 94 valence electrons. The summed E-state index contributed by atoms with van der Waals surface area (Å²) in [6.07, 6.45) is 2.37. The van der Waals surface area contributed by atoms with Crippen LogP contribution in [0.3, 0.4) is 0 Å². The lowest BCUT2D eigenvalue weighted by atomic mass is 10.2. The van der Waals surface area contributed by atoms with Gasteiger partial charge >= 0.3 is 0 Å². The normalized spacial score (nSPS) is 12.2. The van der Waals surface area contributed by atoms with Crippen LogP contribution in [-0.4, -0.2) is 28.5 Å². The van der Waals surface area contributed by atoms with Gasteiger partial charge in [0.25, 0.3) is 5.56 Å². The van der Waals surface area contributed by atoms with Gasteiger partial charge in [-0.3, -0.25) is 9.59 Å². The van der Waals surface area contributed by atoms with Gasteiger partial charge in [0.05, 0.1) is 0 Å². The quantitative estimate of drug-likeness (QED) is 0.837. The first-order valence-electron chi connectivity index (χ1n) is 5.67. The van der Waals surface area contributed by atoms with Gasteiger partial charge in [-0.15, -0.1) is 0 Å². The van der Waals surface area contributed by atoms with Crippen molar-refractivity contribution in [3.63, 3.8) is 0 Å². The summed E-state index contributed by atoms with van der Waals surface area (Å²) in [5.41, 5.74) is 5.84. The van der Waals surface area contributed by atoms with Crippen molar-refractivity contribution < 1.29 is 4.79 Å². The molecule has 0 spiro atoms. The van der Waals surface area contributed by atoms with Crippen LogP contribution in [0.1, 0.15) is 20.3 Å². The first-order chi connectivity index (χ1) is 7.95. The van der Waals surface area contributed by atoms with Crippen molar-refractivity contribution in [3.8, 4) is 0 Å². The Hall–Kier alpha value is -1.78. The van der Waals surface area contributed by atoms with Gasteiger partial charge in [-0.1, -0.05) is 6.92 Å². The molecule has 17 heavy (non-hydrogen) atoms. The molecule has 0 fully saturated rings. The van der Waals surface area contributed by atoms with E-state index in [-0.39, 0.29) is 24.1 Å². The number of anilines is 1. The van der Waals surface area contributed by atoms with Gasteiger partial charge in [0.2, 0.25) is 5.91 Å². The standard InChI is InChI=1S/C12H19N3O2/c1-4-9(2)14(3)12(17)8-15-7-10(13)5-6-11(15)16/h5-7,9H,4,8,13H2,1-3H3. The van der Waals surface area contributed by atoms with Crippen LogP contribution in [0, 0.1) is 0 Å². The average molecular weight is 237 g/mol. The number of carbonyl (C=O) groups excluding carboxylic acids is 1. The molecule has 0 aliphatic rings. The molecule has 1 atom stereocenters. The van der Waals surface area contributed by atoms with Gasteiger partial charge < -0.3 is 15.2 Å². The predicted octanol–water partition coefficient (Wildman–Crippen LogP) is 0.687. The number of pyridine rings is 1. The predicted molar refractivity (Wildman–Crippen MR) is 67.6 cm³/mol. The zero-order valence-electron chi connectivity index (χ0n) is 10.5. The molecule has 1 aromatic heterocycles. The molecule has 1 amide bonds. The minimum absolute atomic E-state index is 0.0325. The second kappa shape index (κ2) is 5.52. The van der Waals surface area contributed by atoms with Gasteiger partial charge in [-0.25, -0.2) is 0 Å². The smallest absolute Gasteiger partial charge is 0.251 e. The number of carbonyl (C=O) groups is 1. The highest BCUT2D eigenvalue weighted by molar-refractivity contribution is 5.76. The zero-order chi connectivity index (χ0) is 13.0.